The van der Waals surface area contributed by atoms with Gasteiger partial charge in [0.1, 0.15) is 0 Å². The third-order valence-corrected chi connectivity index (χ3v) is 6.26. The lowest BCUT2D eigenvalue weighted by Gasteiger charge is -2.11. The molecular weight excluding hydrogens is 501 g/mol. The molecule has 0 atom stereocenters. The average molecular weight is 517 g/mol. The lowest BCUT2D eigenvalue weighted by atomic mass is 10.2. The second kappa shape index (κ2) is 10.4. The van der Waals surface area contributed by atoms with Gasteiger partial charge in [0.2, 0.25) is 5.16 Å². The molecule has 0 fully saturated rings. The fraction of sp³-hybridized carbons (Fsp3) is 0.0435. The van der Waals surface area contributed by atoms with Crippen molar-refractivity contribution in [3.05, 3.63) is 87.9 Å². The molecule has 4 aromatic rings. The van der Waals surface area contributed by atoms with Gasteiger partial charge in [-0.3, -0.25) is 14.8 Å². The second-order valence-corrected chi connectivity index (χ2v) is 9.03. The Labute approximate surface area is 209 Å². The van der Waals surface area contributed by atoms with E-state index in [0.29, 0.717) is 37.3 Å². The molecule has 10 heteroatoms. The average Bonchev–Trinajstić information content (AvgIpc) is 3.21. The minimum absolute atomic E-state index is 0.211. The molecule has 1 N–H and O–H groups in total. The minimum atomic E-state index is -0.227. The smallest absolute Gasteiger partial charge is 0.202 e. The molecule has 0 saturated carbocycles. The summed E-state index contributed by atoms with van der Waals surface area (Å²) in [6.45, 7) is 1.44. The fourth-order valence-electron chi connectivity index (χ4n) is 2.89. The SMILES string of the molecule is CC(=O)/C(=N/Nc1ccc(Cl)cc1)Sc1nnc(-c2ccc(Cl)cc2Cl)n1-c1ccccc1. The summed E-state index contributed by atoms with van der Waals surface area (Å²) in [6.07, 6.45) is 0. The zero-order valence-electron chi connectivity index (χ0n) is 17.2. The Bertz CT molecular complexity index is 1320. The van der Waals surface area contributed by atoms with Crippen molar-refractivity contribution in [2.75, 3.05) is 5.43 Å². The molecule has 0 bridgehead atoms. The standard InChI is InChI=1S/C23H16Cl3N5OS/c1-14(32)22(29-27-17-10-7-15(24)8-11-17)33-23-30-28-21(19-12-9-16(25)13-20(19)26)31(23)18-5-3-2-4-6-18/h2-13,27H,1H3/b29-22-. The molecule has 0 aliphatic carbocycles. The first-order chi connectivity index (χ1) is 15.9. The molecule has 0 unspecified atom stereocenters. The number of para-hydroxylation sites is 1. The number of ketones is 1. The van der Waals surface area contributed by atoms with E-state index in [-0.39, 0.29) is 10.8 Å². The number of thioether (sulfide) groups is 1. The highest BCUT2D eigenvalue weighted by atomic mass is 35.5. The van der Waals surface area contributed by atoms with Crippen LogP contribution in [-0.2, 0) is 4.79 Å². The van der Waals surface area contributed by atoms with Crippen LogP contribution in [0.25, 0.3) is 17.1 Å². The van der Waals surface area contributed by atoms with E-state index in [1.807, 2.05) is 34.9 Å². The Balaban J connectivity index is 1.74. The van der Waals surface area contributed by atoms with Crippen molar-refractivity contribution >= 4 is 63.1 Å². The van der Waals surface area contributed by atoms with Crippen LogP contribution in [0.15, 0.2) is 83.1 Å². The maximum Gasteiger partial charge on any atom is 0.202 e. The Kier molecular flexibility index (Phi) is 7.35. The minimum Gasteiger partial charge on any atom is -0.292 e. The largest absolute Gasteiger partial charge is 0.292 e. The Morgan fingerprint density at radius 2 is 1.64 bits per heavy atom. The van der Waals surface area contributed by atoms with Crippen LogP contribution in [0.1, 0.15) is 6.92 Å². The van der Waals surface area contributed by atoms with Crippen molar-refractivity contribution in [3.8, 4) is 17.1 Å². The van der Waals surface area contributed by atoms with Crippen LogP contribution in [0.3, 0.4) is 0 Å². The summed E-state index contributed by atoms with van der Waals surface area (Å²) in [7, 11) is 0. The number of hydrogen-bond acceptors (Lipinski definition) is 6. The number of rotatable bonds is 6. The first kappa shape index (κ1) is 23.3. The first-order valence-electron chi connectivity index (χ1n) is 9.66. The number of benzene rings is 3. The van der Waals surface area contributed by atoms with Crippen LogP contribution in [-0.4, -0.2) is 25.6 Å². The van der Waals surface area contributed by atoms with Gasteiger partial charge in [0.25, 0.3) is 0 Å². The maximum atomic E-state index is 12.3. The molecule has 1 heterocycles. The fourth-order valence-corrected chi connectivity index (χ4v) is 4.28. The topological polar surface area (TPSA) is 72.2 Å². The quantitative estimate of drug-likeness (QED) is 0.129. The summed E-state index contributed by atoms with van der Waals surface area (Å²) in [4.78, 5) is 12.3. The number of anilines is 1. The van der Waals surface area contributed by atoms with E-state index in [0.717, 1.165) is 17.4 Å². The second-order valence-electron chi connectivity index (χ2n) is 6.80. The lowest BCUT2D eigenvalue weighted by Crippen LogP contribution is -2.10. The zero-order valence-corrected chi connectivity index (χ0v) is 20.3. The highest BCUT2D eigenvalue weighted by molar-refractivity contribution is 8.15. The van der Waals surface area contributed by atoms with Crippen LogP contribution in [0, 0.1) is 0 Å². The molecule has 3 aromatic carbocycles. The number of aromatic nitrogens is 3. The third kappa shape index (κ3) is 5.57. The number of carbonyl (C=O) groups excluding carboxylic acids is 1. The van der Waals surface area contributed by atoms with Crippen LogP contribution in [0.2, 0.25) is 15.1 Å². The molecule has 1 aromatic heterocycles. The molecule has 166 valence electrons. The molecule has 0 radical (unpaired) electrons. The van der Waals surface area contributed by atoms with Crippen LogP contribution >= 0.6 is 46.6 Å². The van der Waals surface area contributed by atoms with Crippen molar-refractivity contribution in [2.24, 2.45) is 5.10 Å². The van der Waals surface area contributed by atoms with Gasteiger partial charge in [-0.15, -0.1) is 10.2 Å². The van der Waals surface area contributed by atoms with E-state index < -0.39 is 0 Å². The normalized spacial score (nSPS) is 11.5. The van der Waals surface area contributed by atoms with Crippen LogP contribution < -0.4 is 5.43 Å². The van der Waals surface area contributed by atoms with Crippen LogP contribution in [0.5, 0.6) is 0 Å². The summed E-state index contributed by atoms with van der Waals surface area (Å²) < 4.78 is 1.82. The van der Waals surface area contributed by atoms with Crippen LogP contribution in [0.4, 0.5) is 5.69 Å². The summed E-state index contributed by atoms with van der Waals surface area (Å²) in [5.74, 6) is 0.286. The highest BCUT2D eigenvalue weighted by Gasteiger charge is 2.21. The van der Waals surface area contributed by atoms with Gasteiger partial charge in [-0.2, -0.15) is 5.10 Å². The Morgan fingerprint density at radius 1 is 0.939 bits per heavy atom. The number of hydrazone groups is 1. The van der Waals surface area contributed by atoms with Crippen molar-refractivity contribution in [3.63, 3.8) is 0 Å². The van der Waals surface area contributed by atoms with Gasteiger partial charge in [-0.1, -0.05) is 53.0 Å². The first-order valence-corrected chi connectivity index (χ1v) is 11.6. The van der Waals surface area contributed by atoms with E-state index in [1.165, 1.54) is 6.92 Å². The third-order valence-electron chi connectivity index (χ3n) is 4.44. The van der Waals surface area contributed by atoms with Gasteiger partial charge >= 0.3 is 0 Å². The molecule has 33 heavy (non-hydrogen) atoms. The number of halogens is 3. The van der Waals surface area contributed by atoms with Gasteiger partial charge in [-0.25, -0.2) is 0 Å². The Morgan fingerprint density at radius 3 is 2.30 bits per heavy atom. The number of hydrogen-bond donors (Lipinski definition) is 1. The van der Waals surface area contributed by atoms with Gasteiger partial charge in [0.15, 0.2) is 16.7 Å². The predicted molar refractivity (Wildman–Crippen MR) is 136 cm³/mol. The molecule has 0 saturated heterocycles. The summed E-state index contributed by atoms with van der Waals surface area (Å²) in [5.41, 5.74) is 5.04. The van der Waals surface area contributed by atoms with Crippen molar-refractivity contribution in [2.45, 2.75) is 12.1 Å². The van der Waals surface area contributed by atoms with Gasteiger partial charge < -0.3 is 0 Å². The molecule has 0 amide bonds. The summed E-state index contributed by atoms with van der Waals surface area (Å²) >= 11 is 19.5. The zero-order chi connectivity index (χ0) is 23.4. The van der Waals surface area contributed by atoms with Crippen molar-refractivity contribution in [1.29, 1.82) is 0 Å². The van der Waals surface area contributed by atoms with Gasteiger partial charge in [0.05, 0.1) is 10.7 Å². The molecule has 6 nitrogen and oxygen atoms in total. The van der Waals surface area contributed by atoms with E-state index in [9.17, 15) is 4.79 Å². The molecule has 4 rings (SSSR count). The lowest BCUT2D eigenvalue weighted by molar-refractivity contribution is -0.110. The van der Waals surface area contributed by atoms with Crippen molar-refractivity contribution in [1.82, 2.24) is 14.8 Å². The molecule has 0 aliphatic rings. The van der Waals surface area contributed by atoms with E-state index >= 15 is 0 Å². The van der Waals surface area contributed by atoms with Crippen molar-refractivity contribution < 1.29 is 4.79 Å². The number of Topliss-reactive ketones (excluding diaryl/α,β-unsaturated/α-hetero) is 1. The number of nitrogens with one attached hydrogen (secondary N) is 1. The van der Waals surface area contributed by atoms with Gasteiger partial charge in [-0.05, 0) is 66.4 Å². The molecule has 0 spiro atoms. The Hall–Kier alpha value is -2.84. The van der Waals surface area contributed by atoms with E-state index in [2.05, 4.69) is 20.7 Å². The summed E-state index contributed by atoms with van der Waals surface area (Å²) in [6, 6.07) is 21.7. The monoisotopic (exact) mass is 515 g/mol. The maximum absolute atomic E-state index is 12.3. The number of nitrogens with zero attached hydrogens (tertiary/aromatic N) is 4. The highest BCUT2D eigenvalue weighted by Crippen LogP contribution is 2.34. The predicted octanol–water partition coefficient (Wildman–Crippen LogP) is 7.00. The number of carbonyl (C=O) groups is 1. The van der Waals surface area contributed by atoms with Gasteiger partial charge in [0, 0.05) is 28.2 Å². The molecular formula is C23H16Cl3N5OS. The molecule has 0 aliphatic heterocycles. The van der Waals surface area contributed by atoms with E-state index in [1.54, 1.807) is 42.5 Å². The van der Waals surface area contributed by atoms with E-state index in [4.69, 9.17) is 34.8 Å². The summed E-state index contributed by atoms with van der Waals surface area (Å²) in [5, 5.41) is 15.2.